The molecule has 0 unspecified atom stereocenters. The van der Waals surface area contributed by atoms with Gasteiger partial charge in [0.1, 0.15) is 6.61 Å². The van der Waals surface area contributed by atoms with E-state index in [0.29, 0.717) is 24.2 Å². The summed E-state index contributed by atoms with van der Waals surface area (Å²) in [5.74, 6) is -0.760. The Kier molecular flexibility index (Phi) is 6.36. The van der Waals surface area contributed by atoms with E-state index in [-0.39, 0.29) is 17.8 Å². The maximum absolute atomic E-state index is 13.2. The van der Waals surface area contributed by atoms with Gasteiger partial charge in [0, 0.05) is 56.2 Å². The zero-order valence-electron chi connectivity index (χ0n) is 18.8. The number of methoxy groups -OCH3 is 1. The largest absolute Gasteiger partial charge is 0.460 e. The number of Topliss-reactive ketones (excluding diaryl/α,β-unsaturated/α-hetero) is 1. The summed E-state index contributed by atoms with van der Waals surface area (Å²) in [4.78, 5) is 28.3. The van der Waals surface area contributed by atoms with E-state index in [2.05, 4.69) is 19.2 Å². The zero-order chi connectivity index (χ0) is 22.1. The van der Waals surface area contributed by atoms with E-state index in [1.54, 1.807) is 7.11 Å². The SMILES string of the molecule is COCCOC(=O)C1=C(C)NC2=C(C(=O)CC(C)(C)C2)[C@@H]1c1ccc(N(C)C)cc1. The quantitative estimate of drug-likeness (QED) is 0.569. The molecule has 0 spiro atoms. The smallest absolute Gasteiger partial charge is 0.336 e. The van der Waals surface area contributed by atoms with E-state index in [9.17, 15) is 9.59 Å². The minimum absolute atomic E-state index is 0.0881. The third kappa shape index (κ3) is 4.43. The second-order valence-corrected chi connectivity index (χ2v) is 9.04. The molecule has 0 saturated heterocycles. The van der Waals surface area contributed by atoms with Gasteiger partial charge < -0.3 is 19.7 Å². The summed E-state index contributed by atoms with van der Waals surface area (Å²) in [7, 11) is 5.53. The first-order valence-electron chi connectivity index (χ1n) is 10.3. The van der Waals surface area contributed by atoms with E-state index in [4.69, 9.17) is 9.47 Å². The van der Waals surface area contributed by atoms with Crippen LogP contribution in [0.15, 0.2) is 46.8 Å². The first kappa shape index (κ1) is 22.1. The molecule has 1 aliphatic heterocycles. The molecule has 0 fully saturated rings. The lowest BCUT2D eigenvalue weighted by Crippen LogP contribution is -2.38. The van der Waals surface area contributed by atoms with E-state index in [0.717, 1.165) is 29.1 Å². The monoisotopic (exact) mass is 412 g/mol. The van der Waals surface area contributed by atoms with Crippen molar-refractivity contribution in [3.05, 3.63) is 52.4 Å². The van der Waals surface area contributed by atoms with Gasteiger partial charge in [0.25, 0.3) is 0 Å². The number of nitrogens with one attached hydrogen (secondary N) is 1. The van der Waals surface area contributed by atoms with Crippen molar-refractivity contribution in [2.24, 2.45) is 5.41 Å². The third-order valence-corrected chi connectivity index (χ3v) is 5.72. The highest BCUT2D eigenvalue weighted by Gasteiger charge is 2.43. The molecular formula is C24H32N2O4. The molecule has 30 heavy (non-hydrogen) atoms. The van der Waals surface area contributed by atoms with Gasteiger partial charge in [0.2, 0.25) is 0 Å². The number of carbonyl (C=O) groups excluding carboxylic acids is 2. The predicted octanol–water partition coefficient (Wildman–Crippen LogP) is 3.55. The van der Waals surface area contributed by atoms with Crippen LogP contribution in [0.5, 0.6) is 0 Å². The number of dihydropyridines is 1. The van der Waals surface area contributed by atoms with Crippen LogP contribution in [0.2, 0.25) is 0 Å². The normalized spacial score (nSPS) is 20.6. The average molecular weight is 413 g/mol. The molecule has 0 saturated carbocycles. The molecule has 1 heterocycles. The van der Waals surface area contributed by atoms with Crippen LogP contribution in [-0.4, -0.2) is 46.2 Å². The summed E-state index contributed by atoms with van der Waals surface area (Å²) >= 11 is 0. The van der Waals surface area contributed by atoms with Crippen LogP contribution >= 0.6 is 0 Å². The number of esters is 1. The predicted molar refractivity (Wildman–Crippen MR) is 117 cm³/mol. The molecule has 1 aromatic rings. The number of ketones is 1. The van der Waals surface area contributed by atoms with Crippen molar-refractivity contribution >= 4 is 17.4 Å². The van der Waals surface area contributed by atoms with E-state index < -0.39 is 11.9 Å². The molecule has 2 aliphatic rings. The van der Waals surface area contributed by atoms with Crippen molar-refractivity contribution < 1.29 is 19.1 Å². The van der Waals surface area contributed by atoms with E-state index in [1.165, 1.54) is 0 Å². The molecule has 6 heteroatoms. The van der Waals surface area contributed by atoms with Gasteiger partial charge in [-0.2, -0.15) is 0 Å². The van der Waals surface area contributed by atoms with Gasteiger partial charge in [0.15, 0.2) is 5.78 Å². The number of ether oxygens (including phenoxy) is 2. The summed E-state index contributed by atoms with van der Waals surface area (Å²) in [5.41, 5.74) is 4.71. The van der Waals surface area contributed by atoms with Gasteiger partial charge in [-0.15, -0.1) is 0 Å². The van der Waals surface area contributed by atoms with Crippen molar-refractivity contribution in [1.82, 2.24) is 5.32 Å². The molecule has 0 radical (unpaired) electrons. The Morgan fingerprint density at radius 1 is 1.17 bits per heavy atom. The lowest BCUT2D eigenvalue weighted by atomic mass is 9.68. The minimum atomic E-state index is -0.434. The third-order valence-electron chi connectivity index (χ3n) is 5.72. The molecule has 0 bridgehead atoms. The lowest BCUT2D eigenvalue weighted by Gasteiger charge is -2.39. The molecule has 0 amide bonds. The summed E-state index contributed by atoms with van der Waals surface area (Å²) in [6, 6.07) is 8.02. The maximum atomic E-state index is 13.2. The summed E-state index contributed by atoms with van der Waals surface area (Å²) in [6.07, 6.45) is 1.23. The van der Waals surface area contributed by atoms with Gasteiger partial charge in [-0.1, -0.05) is 26.0 Å². The van der Waals surface area contributed by atoms with E-state index >= 15 is 0 Å². The Hall–Kier alpha value is -2.60. The molecule has 1 aliphatic carbocycles. The molecule has 1 atom stereocenters. The van der Waals surface area contributed by atoms with Crippen LogP contribution in [0.3, 0.4) is 0 Å². The van der Waals surface area contributed by atoms with Crippen molar-refractivity contribution in [2.45, 2.75) is 39.5 Å². The fourth-order valence-corrected chi connectivity index (χ4v) is 4.30. The molecule has 1 aromatic carbocycles. The van der Waals surface area contributed by atoms with Crippen LogP contribution in [0.25, 0.3) is 0 Å². The zero-order valence-corrected chi connectivity index (χ0v) is 18.8. The molecule has 6 nitrogen and oxygen atoms in total. The second-order valence-electron chi connectivity index (χ2n) is 9.04. The Morgan fingerprint density at radius 3 is 2.43 bits per heavy atom. The number of rotatable bonds is 6. The molecule has 3 rings (SSSR count). The van der Waals surface area contributed by atoms with Crippen molar-refractivity contribution in [2.75, 3.05) is 39.3 Å². The van der Waals surface area contributed by atoms with Crippen LogP contribution in [-0.2, 0) is 19.1 Å². The maximum Gasteiger partial charge on any atom is 0.336 e. The number of anilines is 1. The number of hydrogen-bond donors (Lipinski definition) is 1. The highest BCUT2D eigenvalue weighted by Crippen LogP contribution is 2.46. The highest BCUT2D eigenvalue weighted by atomic mass is 16.6. The first-order valence-corrected chi connectivity index (χ1v) is 10.3. The van der Waals surface area contributed by atoms with Crippen LogP contribution in [0, 0.1) is 5.41 Å². The summed E-state index contributed by atoms with van der Waals surface area (Å²) < 4.78 is 10.5. The number of hydrogen-bond acceptors (Lipinski definition) is 6. The van der Waals surface area contributed by atoms with E-state index in [1.807, 2.05) is 50.2 Å². The van der Waals surface area contributed by atoms with Crippen molar-refractivity contribution in [1.29, 1.82) is 0 Å². The Morgan fingerprint density at radius 2 is 1.83 bits per heavy atom. The summed E-state index contributed by atoms with van der Waals surface area (Å²) in [6.45, 7) is 6.58. The second kappa shape index (κ2) is 8.64. The Labute approximate surface area is 178 Å². The topological polar surface area (TPSA) is 67.9 Å². The Bertz CT molecular complexity index is 894. The Balaban J connectivity index is 2.07. The summed E-state index contributed by atoms with van der Waals surface area (Å²) in [5, 5.41) is 3.35. The molecular weight excluding hydrogens is 380 g/mol. The van der Waals surface area contributed by atoms with Gasteiger partial charge in [-0.3, -0.25) is 4.79 Å². The van der Waals surface area contributed by atoms with Crippen LogP contribution in [0.4, 0.5) is 5.69 Å². The molecule has 162 valence electrons. The lowest BCUT2D eigenvalue weighted by molar-refractivity contribution is -0.140. The molecule has 1 N–H and O–H groups in total. The van der Waals surface area contributed by atoms with Crippen molar-refractivity contribution in [3.8, 4) is 0 Å². The fraction of sp³-hybridized carbons (Fsp3) is 0.500. The first-order chi connectivity index (χ1) is 14.1. The van der Waals surface area contributed by atoms with Crippen LogP contribution < -0.4 is 10.2 Å². The van der Waals surface area contributed by atoms with Gasteiger partial charge >= 0.3 is 5.97 Å². The minimum Gasteiger partial charge on any atom is -0.460 e. The number of benzene rings is 1. The van der Waals surface area contributed by atoms with Gasteiger partial charge in [0.05, 0.1) is 12.2 Å². The fourth-order valence-electron chi connectivity index (χ4n) is 4.30. The van der Waals surface area contributed by atoms with Crippen molar-refractivity contribution in [3.63, 3.8) is 0 Å². The standard InChI is InChI=1S/C24H32N2O4/c1-15-20(23(28)30-12-11-29-6)21(16-7-9-17(10-8-16)26(4)5)22-18(25-15)13-24(2,3)14-19(22)27/h7-10,21,25H,11-14H2,1-6H3/t21-/m1/s1. The number of carbonyl (C=O) groups is 2. The number of nitrogens with zero attached hydrogens (tertiary/aromatic N) is 1. The van der Waals surface area contributed by atoms with Crippen LogP contribution in [0.1, 0.15) is 45.1 Å². The molecule has 0 aromatic heterocycles. The average Bonchev–Trinajstić information content (AvgIpc) is 2.66. The van der Waals surface area contributed by atoms with Gasteiger partial charge in [-0.25, -0.2) is 4.79 Å². The highest BCUT2D eigenvalue weighted by molar-refractivity contribution is 6.04. The number of allylic oxidation sites excluding steroid dienone is 3. The van der Waals surface area contributed by atoms with Gasteiger partial charge in [-0.05, 0) is 36.5 Å².